The standard InChI is InChI=1S/C15H17NO3S/c17-14(9-20)16-13(15(18)19)8-10-5-6-11-3-1-2-4-12(11)7-10/h2,4-7,13,20H,1,3,8-9H2,(H,16,17)(H,18,19). The van der Waals surface area contributed by atoms with Crippen molar-refractivity contribution in [2.24, 2.45) is 0 Å². The van der Waals surface area contributed by atoms with E-state index in [1.807, 2.05) is 18.2 Å². The molecule has 0 heterocycles. The number of carbonyl (C=O) groups is 2. The van der Waals surface area contributed by atoms with Crippen LogP contribution in [0.3, 0.4) is 0 Å². The fourth-order valence-corrected chi connectivity index (χ4v) is 2.37. The van der Waals surface area contributed by atoms with Crippen LogP contribution in [0.4, 0.5) is 0 Å². The molecule has 2 rings (SSSR count). The summed E-state index contributed by atoms with van der Waals surface area (Å²) in [5.41, 5.74) is 3.32. The highest BCUT2D eigenvalue weighted by Gasteiger charge is 2.20. The van der Waals surface area contributed by atoms with E-state index in [9.17, 15) is 9.59 Å². The summed E-state index contributed by atoms with van der Waals surface area (Å²) < 4.78 is 0. The lowest BCUT2D eigenvalue weighted by atomic mass is 9.93. The summed E-state index contributed by atoms with van der Waals surface area (Å²) >= 11 is 3.84. The fourth-order valence-electron chi connectivity index (χ4n) is 2.28. The largest absolute Gasteiger partial charge is 0.480 e. The van der Waals surface area contributed by atoms with E-state index in [0.717, 1.165) is 24.0 Å². The van der Waals surface area contributed by atoms with Crippen molar-refractivity contribution in [2.75, 3.05) is 5.75 Å². The van der Waals surface area contributed by atoms with Crippen molar-refractivity contribution in [1.82, 2.24) is 5.32 Å². The number of aryl methyl sites for hydroxylation is 1. The number of fused-ring (bicyclic) bond motifs is 1. The Morgan fingerprint density at radius 3 is 2.90 bits per heavy atom. The molecule has 0 aliphatic heterocycles. The number of rotatable bonds is 5. The van der Waals surface area contributed by atoms with Gasteiger partial charge in [-0.1, -0.05) is 30.4 Å². The van der Waals surface area contributed by atoms with Crippen molar-refractivity contribution in [3.05, 3.63) is 41.0 Å². The summed E-state index contributed by atoms with van der Waals surface area (Å²) in [6.45, 7) is 0. The molecule has 0 aromatic heterocycles. The minimum Gasteiger partial charge on any atom is -0.480 e. The van der Waals surface area contributed by atoms with Gasteiger partial charge in [0.25, 0.3) is 0 Å². The highest BCUT2D eigenvalue weighted by molar-refractivity contribution is 7.81. The minimum absolute atomic E-state index is 0.0172. The second-order valence-corrected chi connectivity index (χ2v) is 5.11. The number of benzene rings is 1. The SMILES string of the molecule is O=C(CS)NC(Cc1ccc2c(c1)C=CCC2)C(=O)O. The Morgan fingerprint density at radius 1 is 1.40 bits per heavy atom. The van der Waals surface area contributed by atoms with Gasteiger partial charge < -0.3 is 10.4 Å². The van der Waals surface area contributed by atoms with Gasteiger partial charge in [0.2, 0.25) is 5.91 Å². The Bertz CT molecular complexity index is 554. The van der Waals surface area contributed by atoms with Crippen LogP contribution in [0, 0.1) is 0 Å². The molecule has 5 heteroatoms. The Labute approximate surface area is 123 Å². The van der Waals surface area contributed by atoms with E-state index in [4.69, 9.17) is 5.11 Å². The molecule has 1 amide bonds. The monoisotopic (exact) mass is 291 g/mol. The van der Waals surface area contributed by atoms with Crippen LogP contribution < -0.4 is 5.32 Å². The van der Waals surface area contributed by atoms with Crippen molar-refractivity contribution in [3.63, 3.8) is 0 Å². The zero-order chi connectivity index (χ0) is 14.5. The lowest BCUT2D eigenvalue weighted by Crippen LogP contribution is -2.42. The van der Waals surface area contributed by atoms with Gasteiger partial charge in [0.1, 0.15) is 6.04 Å². The summed E-state index contributed by atoms with van der Waals surface area (Å²) in [6, 6.07) is 5.04. The second-order valence-electron chi connectivity index (χ2n) is 4.79. The predicted octanol–water partition coefficient (Wildman–Crippen LogP) is 1.69. The number of amides is 1. The third kappa shape index (κ3) is 3.63. The van der Waals surface area contributed by atoms with E-state index >= 15 is 0 Å². The van der Waals surface area contributed by atoms with Gasteiger partial charge in [0.05, 0.1) is 5.75 Å². The van der Waals surface area contributed by atoms with E-state index in [2.05, 4.69) is 30.1 Å². The van der Waals surface area contributed by atoms with E-state index in [1.165, 1.54) is 5.56 Å². The topological polar surface area (TPSA) is 66.4 Å². The molecule has 1 aromatic rings. The lowest BCUT2D eigenvalue weighted by molar-refractivity contribution is -0.141. The van der Waals surface area contributed by atoms with Crippen molar-refractivity contribution in [3.8, 4) is 0 Å². The Morgan fingerprint density at radius 2 is 2.20 bits per heavy atom. The number of thiol groups is 1. The third-order valence-corrected chi connectivity index (χ3v) is 3.59. The van der Waals surface area contributed by atoms with Crippen molar-refractivity contribution < 1.29 is 14.7 Å². The minimum atomic E-state index is -1.03. The number of carbonyl (C=O) groups excluding carboxylic acids is 1. The molecule has 0 bridgehead atoms. The van der Waals surface area contributed by atoms with Gasteiger partial charge in [-0.05, 0) is 29.5 Å². The maximum absolute atomic E-state index is 11.3. The summed E-state index contributed by atoms with van der Waals surface area (Å²) in [4.78, 5) is 22.5. The van der Waals surface area contributed by atoms with Crippen LogP contribution in [-0.2, 0) is 22.4 Å². The molecule has 0 saturated carbocycles. The van der Waals surface area contributed by atoms with Gasteiger partial charge in [-0.3, -0.25) is 4.79 Å². The van der Waals surface area contributed by atoms with Gasteiger partial charge in [-0.15, -0.1) is 0 Å². The molecule has 1 unspecified atom stereocenters. The van der Waals surface area contributed by atoms with Crippen LogP contribution in [0.25, 0.3) is 6.08 Å². The molecule has 1 aliphatic rings. The molecular weight excluding hydrogens is 274 g/mol. The van der Waals surface area contributed by atoms with Gasteiger partial charge in [0, 0.05) is 6.42 Å². The summed E-state index contributed by atoms with van der Waals surface area (Å²) in [7, 11) is 0. The number of hydrogen-bond donors (Lipinski definition) is 3. The summed E-state index contributed by atoms with van der Waals surface area (Å²) in [6.07, 6.45) is 6.51. The van der Waals surface area contributed by atoms with Gasteiger partial charge in [0.15, 0.2) is 0 Å². The Hall–Kier alpha value is -1.75. The van der Waals surface area contributed by atoms with Crippen LogP contribution in [-0.4, -0.2) is 28.8 Å². The first-order valence-electron chi connectivity index (χ1n) is 6.51. The van der Waals surface area contributed by atoms with E-state index < -0.39 is 12.0 Å². The zero-order valence-corrected chi connectivity index (χ0v) is 11.9. The smallest absolute Gasteiger partial charge is 0.326 e. The zero-order valence-electron chi connectivity index (χ0n) is 11.0. The first-order chi connectivity index (χ1) is 9.60. The molecule has 1 atom stereocenters. The van der Waals surface area contributed by atoms with Crippen LogP contribution in [0.15, 0.2) is 24.3 Å². The number of carboxylic acid groups (broad SMARTS) is 1. The fraction of sp³-hybridized carbons (Fsp3) is 0.333. The van der Waals surface area contributed by atoms with E-state index in [0.29, 0.717) is 0 Å². The predicted molar refractivity (Wildman–Crippen MR) is 80.9 cm³/mol. The number of hydrogen-bond acceptors (Lipinski definition) is 3. The molecule has 4 nitrogen and oxygen atoms in total. The molecule has 0 fully saturated rings. The number of carboxylic acids is 1. The maximum Gasteiger partial charge on any atom is 0.326 e. The summed E-state index contributed by atoms with van der Waals surface area (Å²) in [5, 5.41) is 11.6. The number of nitrogens with one attached hydrogen (secondary N) is 1. The van der Waals surface area contributed by atoms with E-state index in [1.54, 1.807) is 0 Å². The highest BCUT2D eigenvalue weighted by Crippen LogP contribution is 2.21. The summed E-state index contributed by atoms with van der Waals surface area (Å²) in [5.74, 6) is -1.43. The van der Waals surface area contributed by atoms with Gasteiger partial charge >= 0.3 is 5.97 Å². The lowest BCUT2D eigenvalue weighted by Gasteiger charge is -2.16. The Kier molecular flexibility index (Phi) is 4.84. The van der Waals surface area contributed by atoms with E-state index in [-0.39, 0.29) is 18.1 Å². The van der Waals surface area contributed by atoms with Crippen LogP contribution in [0.2, 0.25) is 0 Å². The first kappa shape index (κ1) is 14.7. The van der Waals surface area contributed by atoms with Crippen LogP contribution in [0.5, 0.6) is 0 Å². The molecular formula is C15H17NO3S. The van der Waals surface area contributed by atoms with Crippen LogP contribution >= 0.6 is 12.6 Å². The molecule has 20 heavy (non-hydrogen) atoms. The molecule has 1 aromatic carbocycles. The highest BCUT2D eigenvalue weighted by atomic mass is 32.1. The van der Waals surface area contributed by atoms with Gasteiger partial charge in [-0.25, -0.2) is 4.79 Å². The average Bonchev–Trinajstić information content (AvgIpc) is 2.46. The Balaban J connectivity index is 2.13. The number of allylic oxidation sites excluding steroid dienone is 1. The van der Waals surface area contributed by atoms with Crippen LogP contribution in [0.1, 0.15) is 23.1 Å². The normalized spacial score (nSPS) is 14.4. The van der Waals surface area contributed by atoms with Crippen molar-refractivity contribution in [2.45, 2.75) is 25.3 Å². The number of aliphatic carboxylic acids is 1. The molecule has 106 valence electrons. The maximum atomic E-state index is 11.3. The first-order valence-corrected chi connectivity index (χ1v) is 7.15. The quantitative estimate of drug-likeness (QED) is 0.723. The third-order valence-electron chi connectivity index (χ3n) is 3.30. The molecule has 0 radical (unpaired) electrons. The molecule has 0 saturated heterocycles. The van der Waals surface area contributed by atoms with Gasteiger partial charge in [-0.2, -0.15) is 12.6 Å². The second kappa shape index (κ2) is 6.61. The average molecular weight is 291 g/mol. The molecule has 2 N–H and O–H groups in total. The molecule has 1 aliphatic carbocycles. The van der Waals surface area contributed by atoms with Crippen molar-refractivity contribution in [1.29, 1.82) is 0 Å². The van der Waals surface area contributed by atoms with Crippen molar-refractivity contribution >= 4 is 30.6 Å². The molecule has 0 spiro atoms.